The van der Waals surface area contributed by atoms with Crippen molar-refractivity contribution in [3.05, 3.63) is 94.0 Å². The second-order valence-electron chi connectivity index (χ2n) is 6.60. The van der Waals surface area contributed by atoms with Crippen LogP contribution in [-0.4, -0.2) is 24.2 Å². The molecule has 152 valence electrons. The highest BCUT2D eigenvalue weighted by molar-refractivity contribution is 9.10. The normalized spacial score (nSPS) is 11.5. The molecule has 0 saturated heterocycles. The van der Waals surface area contributed by atoms with Gasteiger partial charge < -0.3 is 4.98 Å². The van der Waals surface area contributed by atoms with Crippen molar-refractivity contribution in [2.45, 2.75) is 5.75 Å². The molecule has 0 aliphatic carbocycles. The Morgan fingerprint density at radius 1 is 1.10 bits per heavy atom. The smallest absolute Gasteiger partial charge is 0.237 e. The first-order valence-electron chi connectivity index (χ1n) is 8.84. The van der Waals surface area contributed by atoms with Crippen molar-refractivity contribution in [2.24, 2.45) is 0 Å². The fourth-order valence-corrected chi connectivity index (χ4v) is 4.62. The molecule has 2 N–H and O–H groups in total. The third kappa shape index (κ3) is 4.12. The molecule has 0 unspecified atom stereocenters. The van der Waals surface area contributed by atoms with E-state index in [-0.39, 0.29) is 22.6 Å². The molecule has 9 heteroatoms. The lowest BCUT2D eigenvalue weighted by molar-refractivity contribution is 0.103. The number of halogens is 2. The predicted molar refractivity (Wildman–Crippen MR) is 116 cm³/mol. The number of hydrogen-bond donors (Lipinski definition) is 2. The lowest BCUT2D eigenvalue weighted by Crippen LogP contribution is -2.17. The van der Waals surface area contributed by atoms with Crippen LogP contribution in [0.25, 0.3) is 11.0 Å². The summed E-state index contributed by atoms with van der Waals surface area (Å²) in [5, 5.41) is 0.531. The molecule has 0 aliphatic heterocycles. The zero-order valence-corrected chi connectivity index (χ0v) is 17.8. The highest BCUT2D eigenvalue weighted by atomic mass is 79.9. The molecule has 2 heterocycles. The first-order chi connectivity index (χ1) is 14.3. The monoisotopic (exact) mass is 487 g/mol. The molecule has 4 rings (SSSR count). The number of hydrogen-bond acceptors (Lipinski definition) is 4. The number of carbonyl (C=O) groups is 1. The maximum absolute atomic E-state index is 15.1. The average molecular weight is 488 g/mol. The number of carbonyl (C=O) groups excluding carboxylic acids is 1. The predicted octanol–water partition coefficient (Wildman–Crippen LogP) is 4.64. The average Bonchev–Trinajstić information content (AvgIpc) is 3.12. The topological polar surface area (TPSA) is 91.9 Å². The molecule has 2 aromatic heterocycles. The van der Waals surface area contributed by atoms with Crippen LogP contribution < -0.4 is 4.72 Å². The zero-order chi connectivity index (χ0) is 21.3. The molecule has 0 aliphatic rings. The Labute approximate surface area is 180 Å². The molecular formula is C21H15BrFN3O3S. The van der Waals surface area contributed by atoms with Gasteiger partial charge in [0.15, 0.2) is 11.6 Å². The highest BCUT2D eigenvalue weighted by Gasteiger charge is 2.22. The van der Waals surface area contributed by atoms with Gasteiger partial charge in [-0.3, -0.25) is 9.52 Å². The molecule has 0 bridgehead atoms. The van der Waals surface area contributed by atoms with Gasteiger partial charge in [0.1, 0.15) is 5.65 Å². The Balaban J connectivity index is 1.66. The van der Waals surface area contributed by atoms with Crippen LogP contribution in [0.15, 0.2) is 71.5 Å². The Morgan fingerprint density at radius 3 is 2.63 bits per heavy atom. The zero-order valence-electron chi connectivity index (χ0n) is 15.4. The summed E-state index contributed by atoms with van der Waals surface area (Å²) in [6.45, 7) is 0. The van der Waals surface area contributed by atoms with E-state index in [1.807, 2.05) is 0 Å². The van der Waals surface area contributed by atoms with E-state index in [9.17, 15) is 13.2 Å². The van der Waals surface area contributed by atoms with Crippen LogP contribution in [-0.2, 0) is 15.8 Å². The summed E-state index contributed by atoms with van der Waals surface area (Å²) in [6.07, 6.45) is 3.04. The maximum Gasteiger partial charge on any atom is 0.237 e. The van der Waals surface area contributed by atoms with Gasteiger partial charge in [0.2, 0.25) is 10.0 Å². The Bertz CT molecular complexity index is 1350. The van der Waals surface area contributed by atoms with E-state index >= 15 is 4.39 Å². The molecular weight excluding hydrogens is 473 g/mol. The van der Waals surface area contributed by atoms with Crippen LogP contribution >= 0.6 is 15.9 Å². The van der Waals surface area contributed by atoms with Crippen molar-refractivity contribution < 1.29 is 17.6 Å². The fourth-order valence-electron chi connectivity index (χ4n) is 3.09. The van der Waals surface area contributed by atoms with Crippen LogP contribution in [0.1, 0.15) is 21.5 Å². The van der Waals surface area contributed by atoms with Crippen molar-refractivity contribution >= 4 is 48.5 Å². The van der Waals surface area contributed by atoms with Gasteiger partial charge in [-0.15, -0.1) is 0 Å². The van der Waals surface area contributed by atoms with E-state index in [0.717, 1.165) is 0 Å². The Kier molecular flexibility index (Phi) is 5.40. The molecule has 0 saturated carbocycles. The summed E-state index contributed by atoms with van der Waals surface area (Å²) in [7, 11) is -3.87. The van der Waals surface area contributed by atoms with Crippen molar-refractivity contribution in [3.8, 4) is 0 Å². The van der Waals surface area contributed by atoms with Gasteiger partial charge in [-0.1, -0.05) is 36.4 Å². The number of pyridine rings is 1. The van der Waals surface area contributed by atoms with Gasteiger partial charge in [-0.2, -0.15) is 0 Å². The first-order valence-corrected chi connectivity index (χ1v) is 11.3. The van der Waals surface area contributed by atoms with Gasteiger partial charge in [0.25, 0.3) is 0 Å². The number of H-pyrrole nitrogens is 1. The fraction of sp³-hybridized carbons (Fsp3) is 0.0476. The number of fused-ring (bicyclic) bond motifs is 1. The van der Waals surface area contributed by atoms with E-state index < -0.39 is 21.6 Å². The van der Waals surface area contributed by atoms with E-state index in [1.54, 1.807) is 42.6 Å². The molecule has 6 nitrogen and oxygen atoms in total. The van der Waals surface area contributed by atoms with Crippen molar-refractivity contribution in [2.75, 3.05) is 4.72 Å². The number of rotatable bonds is 6. The standard InChI is InChI=1S/C21H15BrFN3O3S/c22-14-9-16-17(11-25-21(16)24-10-14)20(27)15-7-4-8-18(19(15)23)26-30(28,29)12-13-5-2-1-3-6-13/h1-11,26H,12H2,(H,24,25). The summed E-state index contributed by atoms with van der Waals surface area (Å²) < 4.78 is 42.9. The quantitative estimate of drug-likeness (QED) is 0.387. The second-order valence-corrected chi connectivity index (χ2v) is 9.23. The molecule has 30 heavy (non-hydrogen) atoms. The van der Waals surface area contributed by atoms with Gasteiger partial charge in [-0.25, -0.2) is 17.8 Å². The first kappa shape index (κ1) is 20.2. The van der Waals surface area contributed by atoms with E-state index in [0.29, 0.717) is 21.1 Å². The molecule has 4 aromatic rings. The minimum atomic E-state index is -3.87. The van der Waals surface area contributed by atoms with Gasteiger partial charge in [0.05, 0.1) is 17.0 Å². The summed E-state index contributed by atoms with van der Waals surface area (Å²) in [5.74, 6) is -1.83. The number of nitrogens with zero attached hydrogens (tertiary/aromatic N) is 1. The minimum absolute atomic E-state index is 0.238. The SMILES string of the molecule is O=C(c1cccc(NS(=O)(=O)Cc2ccccc2)c1F)c1c[nH]c2ncc(Br)cc12. The van der Waals surface area contributed by atoms with E-state index in [1.165, 1.54) is 24.4 Å². The molecule has 0 radical (unpaired) electrons. The lowest BCUT2D eigenvalue weighted by Gasteiger charge is -2.11. The summed E-state index contributed by atoms with van der Waals surface area (Å²) >= 11 is 3.30. The van der Waals surface area contributed by atoms with Gasteiger partial charge in [-0.05, 0) is 39.7 Å². The second kappa shape index (κ2) is 8.00. The van der Waals surface area contributed by atoms with Crippen molar-refractivity contribution in [3.63, 3.8) is 0 Å². The molecule has 0 fully saturated rings. The number of nitrogens with one attached hydrogen (secondary N) is 2. The van der Waals surface area contributed by atoms with Gasteiger partial charge >= 0.3 is 0 Å². The third-order valence-electron chi connectivity index (χ3n) is 4.45. The van der Waals surface area contributed by atoms with Crippen LogP contribution in [0.4, 0.5) is 10.1 Å². The van der Waals surface area contributed by atoms with E-state index in [4.69, 9.17) is 0 Å². The van der Waals surface area contributed by atoms with Crippen LogP contribution in [0.5, 0.6) is 0 Å². The number of sulfonamides is 1. The Hall–Kier alpha value is -3.04. The highest BCUT2D eigenvalue weighted by Crippen LogP contribution is 2.26. The third-order valence-corrected chi connectivity index (χ3v) is 6.13. The number of ketones is 1. The molecule has 0 amide bonds. The number of anilines is 1. The van der Waals surface area contributed by atoms with Crippen LogP contribution in [0, 0.1) is 5.82 Å². The summed E-state index contributed by atoms with van der Waals surface area (Å²) in [6, 6.07) is 14.3. The Morgan fingerprint density at radius 2 is 1.87 bits per heavy atom. The lowest BCUT2D eigenvalue weighted by atomic mass is 10.0. The number of aromatic nitrogens is 2. The van der Waals surface area contributed by atoms with Crippen LogP contribution in [0.3, 0.4) is 0 Å². The number of benzene rings is 2. The number of aromatic amines is 1. The van der Waals surface area contributed by atoms with Gasteiger partial charge in [0, 0.05) is 27.8 Å². The van der Waals surface area contributed by atoms with Crippen molar-refractivity contribution in [1.29, 1.82) is 0 Å². The van der Waals surface area contributed by atoms with E-state index in [2.05, 4.69) is 30.6 Å². The van der Waals surface area contributed by atoms with Crippen LogP contribution in [0.2, 0.25) is 0 Å². The largest absolute Gasteiger partial charge is 0.345 e. The molecule has 0 atom stereocenters. The van der Waals surface area contributed by atoms with Crippen molar-refractivity contribution in [1.82, 2.24) is 9.97 Å². The summed E-state index contributed by atoms with van der Waals surface area (Å²) in [5.41, 5.74) is 0.768. The molecule has 2 aromatic carbocycles. The maximum atomic E-state index is 15.1. The minimum Gasteiger partial charge on any atom is -0.345 e. The molecule has 0 spiro atoms. The summed E-state index contributed by atoms with van der Waals surface area (Å²) in [4.78, 5) is 20.0.